The lowest BCUT2D eigenvalue weighted by Gasteiger charge is -2.29. The van der Waals surface area contributed by atoms with Crippen LogP contribution in [0.15, 0.2) is 12.4 Å². The van der Waals surface area contributed by atoms with Gasteiger partial charge in [-0.3, -0.25) is 0 Å². The fourth-order valence-electron chi connectivity index (χ4n) is 2.67. The Morgan fingerprint density at radius 1 is 1.40 bits per heavy atom. The normalized spacial score (nSPS) is 20.3. The van der Waals surface area contributed by atoms with Crippen LogP contribution in [0, 0.1) is 0 Å². The predicted molar refractivity (Wildman–Crippen MR) is 83.5 cm³/mol. The molecule has 2 aromatic heterocycles. The fraction of sp³-hybridized carbons (Fsp3) is 0.643. The number of aromatic nitrogens is 4. The predicted octanol–water partition coefficient (Wildman–Crippen LogP) is 2.41. The number of fused-ring (bicyclic) bond motifs is 1. The molecule has 108 valence electrons. The topological polar surface area (TPSA) is 46.3 Å². The number of hydrogen-bond acceptors (Lipinski definition) is 5. The summed E-state index contributed by atoms with van der Waals surface area (Å²) in [5.74, 6) is 4.28. The number of hydrogen-bond donors (Lipinski definition) is 0. The Labute approximate surface area is 123 Å². The van der Waals surface area contributed by atoms with Crippen LogP contribution in [0.5, 0.6) is 0 Å². The van der Waals surface area contributed by atoms with E-state index in [4.69, 9.17) is 0 Å². The number of rotatable bonds is 3. The molecule has 0 aliphatic carbocycles. The van der Waals surface area contributed by atoms with Crippen molar-refractivity contribution in [1.82, 2.24) is 19.6 Å². The maximum atomic E-state index is 4.59. The summed E-state index contributed by atoms with van der Waals surface area (Å²) in [6.45, 7) is 5.55. The van der Waals surface area contributed by atoms with E-state index in [-0.39, 0.29) is 0 Å². The van der Waals surface area contributed by atoms with Crippen molar-refractivity contribution in [3.63, 3.8) is 0 Å². The summed E-state index contributed by atoms with van der Waals surface area (Å²) in [5, 5.41) is 4.35. The van der Waals surface area contributed by atoms with Crippen molar-refractivity contribution in [1.29, 1.82) is 0 Å². The Hall–Kier alpha value is -1.30. The van der Waals surface area contributed by atoms with Crippen LogP contribution >= 0.6 is 11.8 Å². The molecule has 1 aliphatic rings. The molecule has 0 radical (unpaired) electrons. The number of nitrogens with zero attached hydrogens (tertiary/aromatic N) is 5. The van der Waals surface area contributed by atoms with Crippen molar-refractivity contribution in [2.24, 2.45) is 0 Å². The molecule has 0 aromatic carbocycles. The van der Waals surface area contributed by atoms with E-state index in [9.17, 15) is 0 Å². The highest BCUT2D eigenvalue weighted by molar-refractivity contribution is 7.99. The second-order valence-electron chi connectivity index (χ2n) is 5.27. The van der Waals surface area contributed by atoms with Crippen molar-refractivity contribution in [3.05, 3.63) is 18.1 Å². The molecule has 2 aromatic rings. The first-order valence-corrected chi connectivity index (χ1v) is 8.49. The van der Waals surface area contributed by atoms with Crippen molar-refractivity contribution in [2.75, 3.05) is 23.0 Å². The van der Waals surface area contributed by atoms with E-state index in [1.54, 1.807) is 6.33 Å². The van der Waals surface area contributed by atoms with E-state index in [1.165, 1.54) is 17.9 Å². The van der Waals surface area contributed by atoms with Gasteiger partial charge in [-0.15, -0.1) is 0 Å². The zero-order chi connectivity index (χ0) is 13.9. The van der Waals surface area contributed by atoms with Crippen molar-refractivity contribution >= 4 is 23.4 Å². The van der Waals surface area contributed by atoms with Gasteiger partial charge in [0.05, 0.1) is 0 Å². The summed E-state index contributed by atoms with van der Waals surface area (Å²) >= 11 is 2.04. The first kappa shape index (κ1) is 13.7. The smallest absolute Gasteiger partial charge is 0.254 e. The van der Waals surface area contributed by atoms with Gasteiger partial charge in [0.25, 0.3) is 5.78 Å². The first-order valence-electron chi connectivity index (χ1n) is 7.33. The van der Waals surface area contributed by atoms with Crippen LogP contribution in [-0.2, 0) is 6.42 Å². The zero-order valence-corrected chi connectivity index (χ0v) is 12.9. The van der Waals surface area contributed by atoms with E-state index in [2.05, 4.69) is 39.9 Å². The number of aryl methyl sites for hydroxylation is 1. The molecule has 1 saturated heterocycles. The number of thioether (sulfide) groups is 1. The van der Waals surface area contributed by atoms with Gasteiger partial charge >= 0.3 is 0 Å². The van der Waals surface area contributed by atoms with E-state index in [1.807, 2.05) is 16.3 Å². The lowest BCUT2D eigenvalue weighted by Crippen LogP contribution is -2.35. The van der Waals surface area contributed by atoms with Crippen molar-refractivity contribution in [2.45, 2.75) is 39.2 Å². The Bertz CT molecular complexity index is 582. The number of anilines is 1. The Balaban J connectivity index is 2.05. The SMILES string of the molecule is CCCc1cc(N2CCSCCC2C)n2ncnc2n1. The molecule has 0 saturated carbocycles. The van der Waals surface area contributed by atoms with Crippen LogP contribution in [0.25, 0.3) is 5.78 Å². The molecule has 1 aliphatic heterocycles. The quantitative estimate of drug-likeness (QED) is 0.869. The van der Waals surface area contributed by atoms with Crippen LogP contribution in [0.1, 0.15) is 32.4 Å². The lowest BCUT2D eigenvalue weighted by atomic mass is 10.2. The van der Waals surface area contributed by atoms with E-state index in [0.717, 1.165) is 36.7 Å². The Morgan fingerprint density at radius 2 is 2.30 bits per heavy atom. The van der Waals surface area contributed by atoms with Gasteiger partial charge < -0.3 is 4.90 Å². The maximum Gasteiger partial charge on any atom is 0.254 e. The monoisotopic (exact) mass is 291 g/mol. The molecule has 1 fully saturated rings. The summed E-state index contributed by atoms with van der Waals surface area (Å²) in [5.41, 5.74) is 1.12. The maximum absolute atomic E-state index is 4.59. The summed E-state index contributed by atoms with van der Waals surface area (Å²) in [4.78, 5) is 11.3. The van der Waals surface area contributed by atoms with Gasteiger partial charge in [0.1, 0.15) is 12.1 Å². The molecule has 3 rings (SSSR count). The zero-order valence-electron chi connectivity index (χ0n) is 12.1. The summed E-state index contributed by atoms with van der Waals surface area (Å²) in [7, 11) is 0. The van der Waals surface area contributed by atoms with E-state index in [0.29, 0.717) is 6.04 Å². The second-order valence-corrected chi connectivity index (χ2v) is 6.50. The van der Waals surface area contributed by atoms with Gasteiger partial charge in [0.15, 0.2) is 0 Å². The molecule has 3 heterocycles. The van der Waals surface area contributed by atoms with Crippen LogP contribution in [0.2, 0.25) is 0 Å². The third-order valence-electron chi connectivity index (χ3n) is 3.78. The summed E-state index contributed by atoms with van der Waals surface area (Å²) in [6.07, 6.45) is 4.90. The van der Waals surface area contributed by atoms with Crippen LogP contribution in [-0.4, -0.2) is 43.7 Å². The average molecular weight is 291 g/mol. The van der Waals surface area contributed by atoms with Gasteiger partial charge in [-0.1, -0.05) is 13.3 Å². The molecule has 0 bridgehead atoms. The third kappa shape index (κ3) is 2.61. The highest BCUT2D eigenvalue weighted by Crippen LogP contribution is 2.24. The first-order chi connectivity index (χ1) is 9.79. The van der Waals surface area contributed by atoms with Crippen molar-refractivity contribution < 1.29 is 0 Å². The van der Waals surface area contributed by atoms with Gasteiger partial charge in [0.2, 0.25) is 0 Å². The van der Waals surface area contributed by atoms with Gasteiger partial charge in [0, 0.05) is 30.1 Å². The molecule has 5 nitrogen and oxygen atoms in total. The van der Waals surface area contributed by atoms with Gasteiger partial charge in [-0.25, -0.2) is 4.98 Å². The average Bonchev–Trinajstić information content (AvgIpc) is 2.80. The molecular formula is C14H21N5S. The van der Waals surface area contributed by atoms with Crippen LogP contribution in [0.3, 0.4) is 0 Å². The van der Waals surface area contributed by atoms with Crippen LogP contribution in [0.4, 0.5) is 5.82 Å². The largest absolute Gasteiger partial charge is 0.353 e. The minimum atomic E-state index is 0.536. The minimum Gasteiger partial charge on any atom is -0.353 e. The molecule has 1 unspecified atom stereocenters. The molecule has 0 amide bonds. The summed E-state index contributed by atoms with van der Waals surface area (Å²) in [6, 6.07) is 2.73. The highest BCUT2D eigenvalue weighted by Gasteiger charge is 2.21. The van der Waals surface area contributed by atoms with E-state index >= 15 is 0 Å². The van der Waals surface area contributed by atoms with Crippen LogP contribution < -0.4 is 4.90 Å². The Kier molecular flexibility index (Phi) is 4.10. The second kappa shape index (κ2) is 5.99. The highest BCUT2D eigenvalue weighted by atomic mass is 32.2. The summed E-state index contributed by atoms with van der Waals surface area (Å²) < 4.78 is 1.88. The third-order valence-corrected chi connectivity index (χ3v) is 4.77. The van der Waals surface area contributed by atoms with E-state index < -0.39 is 0 Å². The van der Waals surface area contributed by atoms with Gasteiger partial charge in [-0.05, 0) is 25.5 Å². The standard InChI is InChI=1S/C14H21N5S/c1-3-4-12-9-13(19-14(17-12)15-10-16-19)18-6-8-20-7-5-11(18)2/h9-11H,3-8H2,1-2H3. The minimum absolute atomic E-state index is 0.536. The molecule has 0 spiro atoms. The fourth-order valence-corrected chi connectivity index (χ4v) is 3.71. The Morgan fingerprint density at radius 3 is 3.15 bits per heavy atom. The molecular weight excluding hydrogens is 270 g/mol. The van der Waals surface area contributed by atoms with Crippen molar-refractivity contribution in [3.8, 4) is 0 Å². The molecule has 0 N–H and O–H groups in total. The van der Waals surface area contributed by atoms with Gasteiger partial charge in [-0.2, -0.15) is 26.4 Å². The molecule has 20 heavy (non-hydrogen) atoms. The lowest BCUT2D eigenvalue weighted by molar-refractivity contribution is 0.627. The molecule has 1 atom stereocenters. The molecule has 6 heteroatoms.